The van der Waals surface area contributed by atoms with E-state index < -0.39 is 11.7 Å². The quantitative estimate of drug-likeness (QED) is 0.174. The van der Waals surface area contributed by atoms with Crippen LogP contribution in [0.1, 0.15) is 22.3 Å². The van der Waals surface area contributed by atoms with Crippen molar-refractivity contribution in [1.29, 1.82) is 15.8 Å². The van der Waals surface area contributed by atoms with Crippen LogP contribution < -0.4 is 0 Å². The molecular formula is C52H28F3N5. The first-order valence-electron chi connectivity index (χ1n) is 19.1. The van der Waals surface area contributed by atoms with Gasteiger partial charge in [0.2, 0.25) is 0 Å². The molecule has 60 heavy (non-hydrogen) atoms. The fraction of sp³-hybridized carbons (Fsp3) is 0.0192. The van der Waals surface area contributed by atoms with Crippen LogP contribution in [0.2, 0.25) is 0 Å². The molecule has 10 rings (SSSR count). The Morgan fingerprint density at radius 1 is 0.383 bits per heavy atom. The first-order valence-corrected chi connectivity index (χ1v) is 19.1. The predicted molar refractivity (Wildman–Crippen MR) is 231 cm³/mol. The van der Waals surface area contributed by atoms with Crippen LogP contribution in [-0.4, -0.2) is 9.13 Å². The minimum atomic E-state index is -4.58. The molecule has 2 aromatic heterocycles. The summed E-state index contributed by atoms with van der Waals surface area (Å²) in [5.41, 5.74) is 8.43. The maximum atomic E-state index is 14.3. The Bertz CT molecular complexity index is 3330. The summed E-state index contributed by atoms with van der Waals surface area (Å²) in [7, 11) is 0. The highest BCUT2D eigenvalue weighted by Gasteiger charge is 2.31. The van der Waals surface area contributed by atoms with Crippen molar-refractivity contribution >= 4 is 43.6 Å². The van der Waals surface area contributed by atoms with Gasteiger partial charge in [0.1, 0.15) is 11.6 Å². The van der Waals surface area contributed by atoms with Gasteiger partial charge in [-0.1, -0.05) is 109 Å². The molecule has 0 aliphatic rings. The first kappa shape index (κ1) is 36.0. The van der Waals surface area contributed by atoms with E-state index in [9.17, 15) is 29.0 Å². The Hall–Kier alpha value is -8.38. The molecule has 0 aliphatic carbocycles. The molecule has 0 bridgehead atoms. The van der Waals surface area contributed by atoms with E-state index in [1.54, 1.807) is 30.3 Å². The van der Waals surface area contributed by atoms with E-state index in [4.69, 9.17) is 0 Å². The summed E-state index contributed by atoms with van der Waals surface area (Å²) in [6.07, 6.45) is -4.58. The van der Waals surface area contributed by atoms with Crippen LogP contribution in [0.4, 0.5) is 13.2 Å². The minimum Gasteiger partial charge on any atom is -0.308 e. The van der Waals surface area contributed by atoms with Gasteiger partial charge in [-0.05, 0) is 94.0 Å². The number of halogens is 3. The first-order chi connectivity index (χ1) is 29.3. The zero-order chi connectivity index (χ0) is 41.1. The molecule has 0 amide bonds. The van der Waals surface area contributed by atoms with E-state index in [-0.39, 0.29) is 0 Å². The Morgan fingerprint density at radius 3 is 1.33 bits per heavy atom. The summed E-state index contributed by atoms with van der Waals surface area (Å²) < 4.78 is 46.8. The maximum absolute atomic E-state index is 14.3. The van der Waals surface area contributed by atoms with Gasteiger partial charge in [0, 0.05) is 21.5 Å². The second kappa shape index (κ2) is 13.9. The van der Waals surface area contributed by atoms with E-state index in [2.05, 4.69) is 18.2 Å². The second-order valence-electron chi connectivity index (χ2n) is 14.6. The normalized spacial score (nSPS) is 11.5. The van der Waals surface area contributed by atoms with Gasteiger partial charge in [0.15, 0.2) is 0 Å². The predicted octanol–water partition coefficient (Wildman–Crippen LogP) is 13.5. The van der Waals surface area contributed by atoms with Crippen molar-refractivity contribution in [1.82, 2.24) is 9.13 Å². The third-order valence-corrected chi connectivity index (χ3v) is 11.3. The number of benzene rings is 8. The van der Waals surface area contributed by atoms with Crippen LogP contribution in [0.5, 0.6) is 0 Å². The molecule has 0 radical (unpaired) electrons. The van der Waals surface area contributed by atoms with Crippen LogP contribution in [0, 0.1) is 34.0 Å². The zero-order valence-electron chi connectivity index (χ0n) is 31.5. The topological polar surface area (TPSA) is 81.2 Å². The number of para-hydroxylation sites is 2. The molecule has 2 heterocycles. The van der Waals surface area contributed by atoms with E-state index in [1.165, 1.54) is 6.07 Å². The van der Waals surface area contributed by atoms with Crippen LogP contribution in [0.25, 0.3) is 88.4 Å². The molecule has 0 unspecified atom stereocenters. The SMILES string of the molecule is N#Cc1ccccc1-c1ccc2c3ccccc3n(-c3cc(-c4cccc(C(F)(F)F)c4)cc(-n4c5ccccc5c5ccc(-c6ccccc6C#N)cc54)c3C#N)c2c1. The van der Waals surface area contributed by atoms with Crippen molar-refractivity contribution in [2.45, 2.75) is 6.18 Å². The summed E-state index contributed by atoms with van der Waals surface area (Å²) in [5, 5.41) is 35.1. The molecule has 8 heteroatoms. The number of aromatic nitrogens is 2. The fourth-order valence-electron chi connectivity index (χ4n) is 8.58. The molecule has 0 spiro atoms. The third-order valence-electron chi connectivity index (χ3n) is 11.3. The number of rotatable bonds is 5. The number of nitriles is 3. The summed E-state index contributed by atoms with van der Waals surface area (Å²) in [6, 6.07) is 58.3. The molecule has 5 nitrogen and oxygen atoms in total. The van der Waals surface area contributed by atoms with Gasteiger partial charge in [0.25, 0.3) is 0 Å². The minimum absolute atomic E-state index is 0.293. The second-order valence-corrected chi connectivity index (χ2v) is 14.6. The smallest absolute Gasteiger partial charge is 0.308 e. The lowest BCUT2D eigenvalue weighted by atomic mass is 9.97. The highest BCUT2D eigenvalue weighted by Crippen LogP contribution is 2.43. The van der Waals surface area contributed by atoms with E-state index >= 15 is 0 Å². The Morgan fingerprint density at radius 2 is 0.850 bits per heavy atom. The number of alkyl halides is 3. The van der Waals surface area contributed by atoms with Gasteiger partial charge >= 0.3 is 6.18 Å². The van der Waals surface area contributed by atoms with Crippen LogP contribution in [0.15, 0.2) is 170 Å². The molecule has 10 aromatic rings. The molecular weight excluding hydrogens is 752 g/mol. The summed E-state index contributed by atoms with van der Waals surface area (Å²) in [6.45, 7) is 0. The van der Waals surface area contributed by atoms with Crippen LogP contribution in [-0.2, 0) is 6.18 Å². The highest BCUT2D eigenvalue weighted by atomic mass is 19.4. The average Bonchev–Trinajstić information content (AvgIpc) is 3.80. The Balaban J connectivity index is 1.35. The number of hydrogen-bond acceptors (Lipinski definition) is 3. The monoisotopic (exact) mass is 779 g/mol. The Kier molecular flexibility index (Phi) is 8.35. The van der Waals surface area contributed by atoms with E-state index in [0.717, 1.165) is 78.0 Å². The molecule has 0 fully saturated rings. The molecule has 0 saturated heterocycles. The number of hydrogen-bond donors (Lipinski definition) is 0. The van der Waals surface area contributed by atoms with Gasteiger partial charge in [0.05, 0.1) is 62.3 Å². The molecule has 0 aliphatic heterocycles. The maximum Gasteiger partial charge on any atom is 0.416 e. The lowest BCUT2D eigenvalue weighted by molar-refractivity contribution is -0.137. The molecule has 8 aromatic carbocycles. The lowest BCUT2D eigenvalue weighted by Crippen LogP contribution is -2.06. The van der Waals surface area contributed by atoms with Crippen molar-refractivity contribution < 1.29 is 13.2 Å². The molecule has 282 valence electrons. The Labute approximate surface area is 341 Å². The third kappa shape index (κ3) is 5.69. The number of nitrogens with zero attached hydrogens (tertiary/aromatic N) is 5. The average molecular weight is 780 g/mol. The van der Waals surface area contributed by atoms with Crippen LogP contribution in [0.3, 0.4) is 0 Å². The fourth-order valence-corrected chi connectivity index (χ4v) is 8.58. The summed E-state index contributed by atoms with van der Waals surface area (Å²) >= 11 is 0. The van der Waals surface area contributed by atoms with Crippen molar-refractivity contribution in [2.75, 3.05) is 0 Å². The summed E-state index contributed by atoms with van der Waals surface area (Å²) in [5.74, 6) is 0. The lowest BCUT2D eigenvalue weighted by Gasteiger charge is -2.19. The largest absolute Gasteiger partial charge is 0.416 e. The van der Waals surface area contributed by atoms with Gasteiger partial charge < -0.3 is 9.13 Å². The van der Waals surface area contributed by atoms with Gasteiger partial charge in [-0.15, -0.1) is 0 Å². The molecule has 0 atom stereocenters. The van der Waals surface area contributed by atoms with Crippen molar-refractivity contribution in [3.8, 4) is 63.0 Å². The highest BCUT2D eigenvalue weighted by molar-refractivity contribution is 6.12. The van der Waals surface area contributed by atoms with Crippen LogP contribution >= 0.6 is 0 Å². The standard InChI is InChI=1S/C52H28F3N5/c53-52(54,55)38-13-9-12-32(24-38)37-27-50(59-46-18-7-5-16-41(46)43-22-20-33(25-48(43)59)39-14-3-1-10-35(39)29-56)45(31-58)51(28-37)60-47-19-8-6-17-42(47)44-23-21-34(26-49(44)60)40-15-4-2-11-36(40)30-57/h1-28H. The van der Waals surface area contributed by atoms with Crippen molar-refractivity contribution in [2.24, 2.45) is 0 Å². The zero-order valence-corrected chi connectivity index (χ0v) is 31.5. The number of fused-ring (bicyclic) bond motifs is 6. The van der Waals surface area contributed by atoms with Gasteiger partial charge in [-0.3, -0.25) is 0 Å². The van der Waals surface area contributed by atoms with Crippen molar-refractivity contribution in [3.63, 3.8) is 0 Å². The van der Waals surface area contributed by atoms with E-state index in [0.29, 0.717) is 39.2 Å². The van der Waals surface area contributed by atoms with Crippen molar-refractivity contribution in [3.05, 3.63) is 192 Å². The molecule has 0 N–H and O–H groups in total. The molecule has 0 saturated carbocycles. The van der Waals surface area contributed by atoms with E-state index in [1.807, 2.05) is 130 Å². The van der Waals surface area contributed by atoms with Gasteiger partial charge in [-0.2, -0.15) is 29.0 Å². The van der Waals surface area contributed by atoms with Gasteiger partial charge in [-0.25, -0.2) is 0 Å². The summed E-state index contributed by atoms with van der Waals surface area (Å²) in [4.78, 5) is 0.